The van der Waals surface area contributed by atoms with Gasteiger partial charge in [-0.1, -0.05) is 24.3 Å². The summed E-state index contributed by atoms with van der Waals surface area (Å²) in [5, 5.41) is 5.53. The molecule has 66 valence electrons. The summed E-state index contributed by atoms with van der Waals surface area (Å²) in [7, 11) is 1.86. The Morgan fingerprint density at radius 3 is 2.33 bits per heavy atom. The number of hydrogen-bond donors (Lipinski definition) is 0. The molecule has 0 spiro atoms. The van der Waals surface area contributed by atoms with Crippen LogP contribution in [0.15, 0.2) is 41.2 Å². The lowest BCUT2D eigenvalue weighted by Gasteiger charge is -2.14. The molecule has 2 heteroatoms. The molecule has 0 saturated heterocycles. The van der Waals surface area contributed by atoms with Crippen LogP contribution in [0.5, 0.6) is 0 Å². The number of hydrazone groups is 1. The van der Waals surface area contributed by atoms with Crippen molar-refractivity contribution in [2.24, 2.45) is 5.10 Å². The molecule has 0 atom stereocenters. The largest absolute Gasteiger partial charge is 0.269 e. The van der Waals surface area contributed by atoms with Gasteiger partial charge in [0.2, 0.25) is 0 Å². The Bertz CT molecular complexity index is 220. The maximum atomic E-state index is 3.80. The van der Waals surface area contributed by atoms with E-state index in [2.05, 4.69) is 18.4 Å². The molecule has 0 aromatic heterocycles. The Kier molecular flexibility index (Phi) is 4.77. The van der Waals surface area contributed by atoms with E-state index in [1.807, 2.05) is 33.0 Å². The van der Waals surface area contributed by atoms with Crippen molar-refractivity contribution in [3.63, 3.8) is 0 Å². The molecule has 0 radical (unpaired) electrons. The van der Waals surface area contributed by atoms with E-state index in [9.17, 15) is 0 Å². The predicted octanol–water partition coefficient (Wildman–Crippen LogP) is 2.57. The molecule has 0 aromatic carbocycles. The van der Waals surface area contributed by atoms with Gasteiger partial charge in [-0.25, -0.2) is 0 Å². The second-order valence-corrected chi connectivity index (χ2v) is 2.65. The van der Waals surface area contributed by atoms with Crippen LogP contribution in [0.25, 0.3) is 0 Å². The van der Waals surface area contributed by atoms with Gasteiger partial charge in [0.15, 0.2) is 0 Å². The average Bonchev–Trinajstić information content (AvgIpc) is 2.04. The highest BCUT2D eigenvalue weighted by atomic mass is 15.4. The minimum absolute atomic E-state index is 1.05. The third kappa shape index (κ3) is 3.19. The zero-order chi connectivity index (χ0) is 9.56. The first-order chi connectivity index (χ1) is 5.63. The van der Waals surface area contributed by atoms with Gasteiger partial charge < -0.3 is 0 Å². The van der Waals surface area contributed by atoms with Gasteiger partial charge in [-0.3, -0.25) is 5.01 Å². The fraction of sp³-hybridized carbons (Fsp3) is 0.300. The Hall–Kier alpha value is -1.31. The van der Waals surface area contributed by atoms with E-state index in [0.717, 1.165) is 5.70 Å². The number of nitrogens with zero attached hydrogens (tertiary/aromatic N) is 2. The first-order valence-corrected chi connectivity index (χ1v) is 3.80. The summed E-state index contributed by atoms with van der Waals surface area (Å²) in [5.74, 6) is 0. The minimum Gasteiger partial charge on any atom is -0.269 e. The molecule has 0 rings (SSSR count). The minimum atomic E-state index is 1.05. The van der Waals surface area contributed by atoms with Crippen LogP contribution >= 0.6 is 0 Å². The highest BCUT2D eigenvalue weighted by Gasteiger charge is 1.98. The molecular formula is C10H16N2. The second-order valence-electron chi connectivity index (χ2n) is 2.65. The highest BCUT2D eigenvalue weighted by molar-refractivity contribution is 5.28. The van der Waals surface area contributed by atoms with Crippen LogP contribution in [-0.4, -0.2) is 18.8 Å². The monoisotopic (exact) mass is 164 g/mol. The van der Waals surface area contributed by atoms with Gasteiger partial charge in [0.1, 0.15) is 0 Å². The van der Waals surface area contributed by atoms with Gasteiger partial charge >= 0.3 is 0 Å². The Labute approximate surface area is 74.6 Å². The molecule has 0 fully saturated rings. The third-order valence-electron chi connectivity index (χ3n) is 1.46. The molecule has 0 saturated carbocycles. The van der Waals surface area contributed by atoms with E-state index in [-0.39, 0.29) is 0 Å². The summed E-state index contributed by atoms with van der Waals surface area (Å²) < 4.78 is 0. The van der Waals surface area contributed by atoms with Gasteiger partial charge in [0.05, 0.1) is 5.70 Å². The normalized spacial score (nSPS) is 9.58. The summed E-state index contributed by atoms with van der Waals surface area (Å²) in [5.41, 5.74) is 2.24. The summed E-state index contributed by atoms with van der Waals surface area (Å²) >= 11 is 0. The summed E-state index contributed by atoms with van der Waals surface area (Å²) in [6.07, 6.45) is 5.57. The smallest absolute Gasteiger partial charge is 0.0576 e. The Morgan fingerprint density at radius 2 is 2.00 bits per heavy atom. The quantitative estimate of drug-likeness (QED) is 0.354. The zero-order valence-corrected chi connectivity index (χ0v) is 8.04. The van der Waals surface area contributed by atoms with E-state index in [1.54, 1.807) is 11.1 Å². The Balaban J connectivity index is 4.68. The second kappa shape index (κ2) is 5.35. The Morgan fingerprint density at radius 1 is 1.42 bits per heavy atom. The molecule has 0 amide bonds. The molecule has 0 aliphatic rings. The van der Waals surface area contributed by atoms with E-state index >= 15 is 0 Å². The van der Waals surface area contributed by atoms with Crippen LogP contribution in [-0.2, 0) is 0 Å². The molecule has 0 aliphatic carbocycles. The number of hydrogen-bond acceptors (Lipinski definition) is 2. The van der Waals surface area contributed by atoms with Crippen molar-refractivity contribution in [3.8, 4) is 0 Å². The molecule has 0 N–H and O–H groups in total. The summed E-state index contributed by atoms with van der Waals surface area (Å²) in [6.45, 7) is 11.1. The fourth-order valence-electron chi connectivity index (χ4n) is 0.834. The van der Waals surface area contributed by atoms with Crippen molar-refractivity contribution < 1.29 is 0 Å². The van der Waals surface area contributed by atoms with Crippen molar-refractivity contribution >= 4 is 6.72 Å². The average molecular weight is 164 g/mol. The van der Waals surface area contributed by atoms with Crippen LogP contribution in [0, 0.1) is 0 Å². The lowest BCUT2D eigenvalue weighted by Crippen LogP contribution is -2.09. The topological polar surface area (TPSA) is 15.6 Å². The molecule has 0 unspecified atom stereocenters. The lowest BCUT2D eigenvalue weighted by atomic mass is 10.2. The highest BCUT2D eigenvalue weighted by Crippen LogP contribution is 2.09. The summed E-state index contributed by atoms with van der Waals surface area (Å²) in [4.78, 5) is 0. The number of likely N-dealkylation sites (N-methyl/N-ethyl adjacent to an activating group) is 1. The number of rotatable bonds is 4. The zero-order valence-electron chi connectivity index (χ0n) is 8.04. The van der Waals surface area contributed by atoms with Crippen LogP contribution in [0.2, 0.25) is 0 Å². The van der Waals surface area contributed by atoms with Crippen molar-refractivity contribution in [1.82, 2.24) is 5.01 Å². The standard InChI is InChI=1S/C10H16N2/c1-6-7-8-10(9(2)3)12(5)11-4/h6-8H,1,4H2,2-3,5H3/b8-7-. The molecule has 2 nitrogen and oxygen atoms in total. The molecule has 0 aromatic rings. The van der Waals surface area contributed by atoms with Crippen molar-refractivity contribution in [3.05, 3.63) is 36.1 Å². The van der Waals surface area contributed by atoms with Gasteiger partial charge in [-0.05, 0) is 19.9 Å². The first kappa shape index (κ1) is 10.7. The van der Waals surface area contributed by atoms with Gasteiger partial charge in [0, 0.05) is 13.8 Å². The maximum Gasteiger partial charge on any atom is 0.0576 e. The van der Waals surface area contributed by atoms with E-state index < -0.39 is 0 Å². The van der Waals surface area contributed by atoms with Crippen LogP contribution < -0.4 is 0 Å². The molecule has 12 heavy (non-hydrogen) atoms. The maximum absolute atomic E-state index is 3.80. The molecule has 0 heterocycles. The van der Waals surface area contributed by atoms with E-state index in [4.69, 9.17) is 0 Å². The van der Waals surface area contributed by atoms with Crippen molar-refractivity contribution in [2.45, 2.75) is 13.8 Å². The fourth-order valence-corrected chi connectivity index (χ4v) is 0.834. The first-order valence-electron chi connectivity index (χ1n) is 3.80. The van der Waals surface area contributed by atoms with Crippen LogP contribution in [0.1, 0.15) is 13.8 Å². The summed E-state index contributed by atoms with van der Waals surface area (Å²) in [6, 6.07) is 0. The van der Waals surface area contributed by atoms with Crippen LogP contribution in [0.3, 0.4) is 0 Å². The van der Waals surface area contributed by atoms with Gasteiger partial charge in [0.25, 0.3) is 0 Å². The van der Waals surface area contributed by atoms with E-state index in [1.165, 1.54) is 5.57 Å². The lowest BCUT2D eigenvalue weighted by molar-refractivity contribution is 0.460. The SMILES string of the molecule is C=C/C=C\C(=C(C)C)N(C)N=C. The van der Waals surface area contributed by atoms with Gasteiger partial charge in [-0.15, -0.1) is 0 Å². The van der Waals surface area contributed by atoms with E-state index in [0.29, 0.717) is 0 Å². The molecular weight excluding hydrogens is 148 g/mol. The van der Waals surface area contributed by atoms with Gasteiger partial charge in [-0.2, -0.15) is 5.10 Å². The molecule has 0 bridgehead atoms. The van der Waals surface area contributed by atoms with Crippen molar-refractivity contribution in [2.75, 3.05) is 7.05 Å². The predicted molar refractivity (Wildman–Crippen MR) is 55.0 cm³/mol. The van der Waals surface area contributed by atoms with Crippen molar-refractivity contribution in [1.29, 1.82) is 0 Å². The molecule has 0 aliphatic heterocycles. The third-order valence-corrected chi connectivity index (χ3v) is 1.46. The number of allylic oxidation sites excluding steroid dienone is 4. The van der Waals surface area contributed by atoms with Crippen LogP contribution in [0.4, 0.5) is 0 Å².